The van der Waals surface area contributed by atoms with Crippen LogP contribution in [0, 0.1) is 5.92 Å². The van der Waals surface area contributed by atoms with E-state index in [-0.39, 0.29) is 18.5 Å². The number of nitrogens with zero attached hydrogens (tertiary/aromatic N) is 1. The molecule has 0 fully saturated rings. The summed E-state index contributed by atoms with van der Waals surface area (Å²) in [5.41, 5.74) is 1.90. The average molecular weight is 333 g/mol. The number of aliphatic hydroxyl groups excluding tert-OH is 1. The Labute approximate surface area is 140 Å². The topological polar surface area (TPSA) is 74.2 Å². The summed E-state index contributed by atoms with van der Waals surface area (Å²) in [7, 11) is 0. The molecule has 0 saturated heterocycles. The molecule has 0 radical (unpaired) electrons. The molecule has 0 aliphatic heterocycles. The van der Waals surface area contributed by atoms with Crippen molar-refractivity contribution in [2.75, 3.05) is 6.54 Å². The normalized spacial score (nSPS) is 13.3. The molecule has 0 aliphatic carbocycles. The summed E-state index contributed by atoms with van der Waals surface area (Å²) < 4.78 is 0. The van der Waals surface area contributed by atoms with Crippen LogP contribution in [-0.2, 0) is 6.54 Å². The highest BCUT2D eigenvalue weighted by molar-refractivity contribution is 7.13. The molecule has 6 heteroatoms. The van der Waals surface area contributed by atoms with Crippen LogP contribution in [0.2, 0.25) is 0 Å². The minimum absolute atomic E-state index is 0.169. The quantitative estimate of drug-likeness (QED) is 0.729. The molecular weight excluding hydrogens is 310 g/mol. The van der Waals surface area contributed by atoms with Crippen LogP contribution in [0.15, 0.2) is 35.7 Å². The number of urea groups is 1. The Balaban J connectivity index is 1.78. The maximum Gasteiger partial charge on any atom is 0.315 e. The lowest BCUT2D eigenvalue weighted by atomic mass is 10.0. The Morgan fingerprint density at radius 2 is 2.04 bits per heavy atom. The van der Waals surface area contributed by atoms with Gasteiger partial charge in [-0.3, -0.25) is 0 Å². The molecule has 3 N–H and O–H groups in total. The lowest BCUT2D eigenvalue weighted by Gasteiger charge is -2.17. The maximum absolute atomic E-state index is 11.8. The van der Waals surface area contributed by atoms with Gasteiger partial charge in [0.1, 0.15) is 5.01 Å². The minimum Gasteiger partial charge on any atom is -0.391 e. The molecular formula is C17H23N3O2S. The van der Waals surface area contributed by atoms with Crippen LogP contribution in [0.25, 0.3) is 10.6 Å². The number of hydrogen-bond acceptors (Lipinski definition) is 4. The van der Waals surface area contributed by atoms with Crippen LogP contribution in [-0.4, -0.2) is 28.8 Å². The van der Waals surface area contributed by atoms with Crippen molar-refractivity contribution in [2.24, 2.45) is 5.92 Å². The molecule has 2 amide bonds. The number of aliphatic hydroxyl groups is 1. The van der Waals surface area contributed by atoms with Crippen LogP contribution in [0.5, 0.6) is 0 Å². The van der Waals surface area contributed by atoms with E-state index in [9.17, 15) is 9.90 Å². The van der Waals surface area contributed by atoms with Gasteiger partial charge in [0, 0.05) is 17.5 Å². The van der Waals surface area contributed by atoms with Crippen LogP contribution in [0.4, 0.5) is 4.79 Å². The predicted octanol–water partition coefficient (Wildman–Crippen LogP) is 3.02. The van der Waals surface area contributed by atoms with Gasteiger partial charge < -0.3 is 15.7 Å². The summed E-state index contributed by atoms with van der Waals surface area (Å²) in [5, 5.41) is 18.1. The number of carbonyl (C=O) groups excluding carboxylic acids is 1. The molecule has 0 spiro atoms. The van der Waals surface area contributed by atoms with Gasteiger partial charge in [-0.25, -0.2) is 9.78 Å². The van der Waals surface area contributed by atoms with Crippen molar-refractivity contribution in [3.63, 3.8) is 0 Å². The highest BCUT2D eigenvalue weighted by Gasteiger charge is 2.13. The smallest absolute Gasteiger partial charge is 0.315 e. The molecule has 0 aliphatic rings. The second-order valence-corrected chi connectivity index (χ2v) is 6.38. The van der Waals surface area contributed by atoms with E-state index in [2.05, 4.69) is 15.6 Å². The first-order valence-corrected chi connectivity index (χ1v) is 8.67. The number of rotatable bonds is 7. The summed E-state index contributed by atoms with van der Waals surface area (Å²) in [6.07, 6.45) is 0.362. The fourth-order valence-corrected chi connectivity index (χ4v) is 2.83. The van der Waals surface area contributed by atoms with E-state index in [0.717, 1.165) is 22.7 Å². The zero-order chi connectivity index (χ0) is 16.7. The Hall–Kier alpha value is -1.92. The molecule has 2 atom stereocenters. The van der Waals surface area contributed by atoms with E-state index in [4.69, 9.17) is 0 Å². The number of carbonyl (C=O) groups is 1. The minimum atomic E-state index is -0.519. The first-order valence-electron chi connectivity index (χ1n) is 7.79. The highest BCUT2D eigenvalue weighted by atomic mass is 32.1. The number of hydrogen-bond donors (Lipinski definition) is 3. The Bertz CT molecular complexity index is 615. The molecule has 1 heterocycles. The van der Waals surface area contributed by atoms with Crippen molar-refractivity contribution in [3.05, 3.63) is 41.4 Å². The van der Waals surface area contributed by atoms with Gasteiger partial charge in [0.2, 0.25) is 0 Å². The standard InChI is InChI=1S/C17H23N3O2S/c1-3-12(2)15(21)10-19-17(22)18-9-14-11-23-16(20-14)13-7-5-4-6-8-13/h4-8,11-12,15,21H,3,9-10H2,1-2H3,(H2,18,19,22). The Kier molecular flexibility index (Phi) is 6.55. The number of nitrogens with one attached hydrogen (secondary N) is 2. The molecule has 1 aromatic heterocycles. The fourth-order valence-electron chi connectivity index (χ4n) is 2.01. The third-order valence-electron chi connectivity index (χ3n) is 3.78. The SMILES string of the molecule is CCC(C)C(O)CNC(=O)NCc1csc(-c2ccccc2)n1. The number of aromatic nitrogens is 1. The van der Waals surface area contributed by atoms with Crippen molar-refractivity contribution in [1.82, 2.24) is 15.6 Å². The fraction of sp³-hybridized carbons (Fsp3) is 0.412. The zero-order valence-corrected chi connectivity index (χ0v) is 14.3. The van der Waals surface area contributed by atoms with E-state index >= 15 is 0 Å². The highest BCUT2D eigenvalue weighted by Crippen LogP contribution is 2.23. The van der Waals surface area contributed by atoms with Gasteiger partial charge in [0.05, 0.1) is 18.3 Å². The number of amides is 2. The maximum atomic E-state index is 11.8. The lowest BCUT2D eigenvalue weighted by Crippen LogP contribution is -2.41. The van der Waals surface area contributed by atoms with Gasteiger partial charge in [-0.1, -0.05) is 50.6 Å². The van der Waals surface area contributed by atoms with Crippen molar-refractivity contribution in [1.29, 1.82) is 0 Å². The van der Waals surface area contributed by atoms with Gasteiger partial charge in [-0.05, 0) is 5.92 Å². The van der Waals surface area contributed by atoms with Gasteiger partial charge in [-0.15, -0.1) is 11.3 Å². The Morgan fingerprint density at radius 1 is 1.30 bits per heavy atom. The summed E-state index contributed by atoms with van der Waals surface area (Å²) in [6, 6.07) is 9.66. The molecule has 5 nitrogen and oxygen atoms in total. The molecule has 0 saturated carbocycles. The van der Waals surface area contributed by atoms with Gasteiger partial charge in [0.15, 0.2) is 0 Å². The monoisotopic (exact) mass is 333 g/mol. The largest absolute Gasteiger partial charge is 0.391 e. The van der Waals surface area contributed by atoms with Crippen molar-refractivity contribution in [3.8, 4) is 10.6 Å². The number of benzene rings is 1. The molecule has 0 bridgehead atoms. The van der Waals surface area contributed by atoms with Crippen LogP contribution >= 0.6 is 11.3 Å². The molecule has 2 aromatic rings. The van der Waals surface area contributed by atoms with Crippen molar-refractivity contribution in [2.45, 2.75) is 32.9 Å². The van der Waals surface area contributed by atoms with E-state index < -0.39 is 6.10 Å². The van der Waals surface area contributed by atoms with Crippen LogP contribution in [0.3, 0.4) is 0 Å². The Morgan fingerprint density at radius 3 is 2.74 bits per heavy atom. The molecule has 1 aromatic carbocycles. The van der Waals surface area contributed by atoms with E-state index in [1.54, 1.807) is 11.3 Å². The molecule has 2 unspecified atom stereocenters. The summed E-state index contributed by atoms with van der Waals surface area (Å²) in [4.78, 5) is 16.3. The third kappa shape index (κ3) is 5.33. The third-order valence-corrected chi connectivity index (χ3v) is 4.72. The first-order chi connectivity index (χ1) is 11.1. The first kappa shape index (κ1) is 17.4. The van der Waals surface area contributed by atoms with Gasteiger partial charge >= 0.3 is 6.03 Å². The second-order valence-electron chi connectivity index (χ2n) is 5.53. The van der Waals surface area contributed by atoms with E-state index in [0.29, 0.717) is 6.54 Å². The van der Waals surface area contributed by atoms with Gasteiger partial charge in [0.25, 0.3) is 0 Å². The summed E-state index contributed by atoms with van der Waals surface area (Å²) in [5.74, 6) is 0.169. The lowest BCUT2D eigenvalue weighted by molar-refractivity contribution is 0.114. The second kappa shape index (κ2) is 8.64. The van der Waals surface area contributed by atoms with Gasteiger partial charge in [-0.2, -0.15) is 0 Å². The molecule has 124 valence electrons. The number of thiazole rings is 1. The van der Waals surface area contributed by atoms with E-state index in [1.807, 2.05) is 49.6 Å². The molecule has 23 heavy (non-hydrogen) atoms. The summed E-state index contributed by atoms with van der Waals surface area (Å²) >= 11 is 1.56. The van der Waals surface area contributed by atoms with Crippen molar-refractivity contribution >= 4 is 17.4 Å². The summed E-state index contributed by atoms with van der Waals surface area (Å²) in [6.45, 7) is 4.60. The predicted molar refractivity (Wildman–Crippen MR) is 93.3 cm³/mol. The van der Waals surface area contributed by atoms with Crippen LogP contribution in [0.1, 0.15) is 26.0 Å². The average Bonchev–Trinajstić information content (AvgIpc) is 3.06. The zero-order valence-electron chi connectivity index (χ0n) is 13.5. The van der Waals surface area contributed by atoms with E-state index in [1.165, 1.54) is 0 Å². The molecule has 2 rings (SSSR count). The van der Waals surface area contributed by atoms with Crippen LogP contribution < -0.4 is 10.6 Å². The van der Waals surface area contributed by atoms with Crippen molar-refractivity contribution < 1.29 is 9.90 Å².